The number of Topliss-reactive ketones (excluding diaryl/α,β-unsaturated/α-hetero) is 1. The molecule has 0 saturated carbocycles. The molecule has 0 saturated heterocycles. The average molecular weight is 410 g/mol. The van der Waals surface area contributed by atoms with Crippen molar-refractivity contribution in [1.29, 1.82) is 0 Å². The van der Waals surface area contributed by atoms with Gasteiger partial charge in [0.1, 0.15) is 11.5 Å². The molecule has 1 amide bonds. The number of thiazole rings is 1. The van der Waals surface area contributed by atoms with E-state index in [4.69, 9.17) is 9.47 Å². The van der Waals surface area contributed by atoms with Crippen molar-refractivity contribution >= 4 is 28.2 Å². The molecule has 0 radical (unpaired) electrons. The van der Waals surface area contributed by atoms with Crippen LogP contribution in [0.15, 0.2) is 53.9 Å². The highest BCUT2D eigenvalue weighted by Gasteiger charge is 2.10. The van der Waals surface area contributed by atoms with Gasteiger partial charge in [0.2, 0.25) is 0 Å². The standard InChI is InChI=1S/C22H22N2O4S/c1-3-11-27-18-9-7-16(8-10-18)20-14-29-22(23-20)24-21(26)13-28-19-6-4-5-17(12-19)15(2)25/h4-10,12,14H,3,11,13H2,1-2H3,(H,23,24,26). The number of aromatic nitrogens is 1. The van der Waals surface area contributed by atoms with Gasteiger partial charge in [0, 0.05) is 16.5 Å². The number of nitrogens with zero attached hydrogens (tertiary/aromatic N) is 1. The van der Waals surface area contributed by atoms with E-state index < -0.39 is 0 Å². The summed E-state index contributed by atoms with van der Waals surface area (Å²) in [4.78, 5) is 28.0. The van der Waals surface area contributed by atoms with Crippen molar-refractivity contribution in [1.82, 2.24) is 4.98 Å². The Morgan fingerprint density at radius 1 is 1.07 bits per heavy atom. The first-order valence-corrected chi connectivity index (χ1v) is 10.2. The zero-order valence-corrected chi connectivity index (χ0v) is 17.1. The molecule has 29 heavy (non-hydrogen) atoms. The van der Waals surface area contributed by atoms with Crippen molar-refractivity contribution in [3.8, 4) is 22.8 Å². The first-order valence-electron chi connectivity index (χ1n) is 9.27. The second-order valence-corrected chi connectivity index (χ2v) is 7.19. The summed E-state index contributed by atoms with van der Waals surface area (Å²) in [5, 5.41) is 5.11. The maximum absolute atomic E-state index is 12.1. The van der Waals surface area contributed by atoms with Crippen LogP contribution in [-0.4, -0.2) is 29.9 Å². The van der Waals surface area contributed by atoms with Gasteiger partial charge in [-0.2, -0.15) is 0 Å². The van der Waals surface area contributed by atoms with Crippen molar-refractivity contribution < 1.29 is 19.1 Å². The monoisotopic (exact) mass is 410 g/mol. The van der Waals surface area contributed by atoms with Crippen molar-refractivity contribution in [2.75, 3.05) is 18.5 Å². The molecule has 0 bridgehead atoms. The Balaban J connectivity index is 1.55. The van der Waals surface area contributed by atoms with Crippen LogP contribution >= 0.6 is 11.3 Å². The van der Waals surface area contributed by atoms with Crippen LogP contribution in [0.2, 0.25) is 0 Å². The van der Waals surface area contributed by atoms with Crippen LogP contribution in [0.25, 0.3) is 11.3 Å². The molecule has 0 atom stereocenters. The summed E-state index contributed by atoms with van der Waals surface area (Å²) in [5.41, 5.74) is 2.27. The fourth-order valence-electron chi connectivity index (χ4n) is 2.51. The third-order valence-corrected chi connectivity index (χ3v) is 4.74. The first kappa shape index (κ1) is 20.5. The van der Waals surface area contributed by atoms with Crippen LogP contribution < -0.4 is 14.8 Å². The average Bonchev–Trinajstić information content (AvgIpc) is 3.19. The summed E-state index contributed by atoms with van der Waals surface area (Å²) >= 11 is 1.34. The van der Waals surface area contributed by atoms with Crippen molar-refractivity contribution in [3.63, 3.8) is 0 Å². The molecular weight excluding hydrogens is 388 g/mol. The SMILES string of the molecule is CCCOc1ccc(-c2csc(NC(=O)COc3cccc(C(C)=O)c3)n2)cc1. The minimum Gasteiger partial charge on any atom is -0.494 e. The molecule has 2 aromatic carbocycles. The largest absolute Gasteiger partial charge is 0.494 e. The van der Waals surface area contributed by atoms with Gasteiger partial charge in [-0.15, -0.1) is 11.3 Å². The van der Waals surface area contributed by atoms with Crippen LogP contribution in [0.5, 0.6) is 11.5 Å². The molecule has 7 heteroatoms. The Morgan fingerprint density at radius 3 is 2.59 bits per heavy atom. The molecule has 1 aromatic heterocycles. The Labute approximate surface area is 173 Å². The Kier molecular flexibility index (Phi) is 6.97. The smallest absolute Gasteiger partial charge is 0.264 e. The number of ether oxygens (including phenoxy) is 2. The molecule has 6 nitrogen and oxygen atoms in total. The lowest BCUT2D eigenvalue weighted by atomic mass is 10.1. The number of hydrogen-bond donors (Lipinski definition) is 1. The topological polar surface area (TPSA) is 77.5 Å². The van der Waals surface area contributed by atoms with Gasteiger partial charge in [0.05, 0.1) is 12.3 Å². The number of nitrogens with one attached hydrogen (secondary N) is 1. The molecule has 1 heterocycles. The van der Waals surface area contributed by atoms with Crippen molar-refractivity contribution in [2.45, 2.75) is 20.3 Å². The van der Waals surface area contributed by atoms with E-state index in [0.717, 1.165) is 23.4 Å². The van der Waals surface area contributed by atoms with Crippen molar-refractivity contribution in [2.24, 2.45) is 0 Å². The van der Waals surface area contributed by atoms with Gasteiger partial charge in [0.15, 0.2) is 17.5 Å². The number of ketones is 1. The van der Waals surface area contributed by atoms with Gasteiger partial charge >= 0.3 is 0 Å². The molecule has 3 aromatic rings. The summed E-state index contributed by atoms with van der Waals surface area (Å²) in [6, 6.07) is 14.4. The lowest BCUT2D eigenvalue weighted by molar-refractivity contribution is -0.118. The van der Waals surface area contributed by atoms with E-state index in [-0.39, 0.29) is 18.3 Å². The number of amides is 1. The van der Waals surface area contributed by atoms with E-state index in [2.05, 4.69) is 17.2 Å². The molecule has 0 spiro atoms. The number of carbonyl (C=O) groups excluding carboxylic acids is 2. The van der Waals surface area contributed by atoms with Gasteiger partial charge in [-0.3, -0.25) is 14.9 Å². The van der Waals surface area contributed by atoms with E-state index in [0.29, 0.717) is 23.1 Å². The zero-order valence-electron chi connectivity index (χ0n) is 16.3. The van der Waals surface area contributed by atoms with Crippen LogP contribution in [0.4, 0.5) is 5.13 Å². The molecular formula is C22H22N2O4S. The summed E-state index contributed by atoms with van der Waals surface area (Å²) < 4.78 is 11.0. The number of carbonyl (C=O) groups is 2. The number of rotatable bonds is 9. The predicted molar refractivity (Wildman–Crippen MR) is 114 cm³/mol. The second kappa shape index (κ2) is 9.84. The third kappa shape index (κ3) is 5.89. The minimum atomic E-state index is -0.317. The molecule has 0 aliphatic rings. The van der Waals surface area contributed by atoms with Crippen LogP contribution in [0.3, 0.4) is 0 Å². The molecule has 0 aliphatic heterocycles. The van der Waals surface area contributed by atoms with Crippen LogP contribution in [-0.2, 0) is 4.79 Å². The summed E-state index contributed by atoms with van der Waals surface area (Å²) in [7, 11) is 0. The fraction of sp³-hybridized carbons (Fsp3) is 0.227. The van der Waals surface area contributed by atoms with E-state index in [1.54, 1.807) is 24.3 Å². The van der Waals surface area contributed by atoms with E-state index >= 15 is 0 Å². The highest BCUT2D eigenvalue weighted by Crippen LogP contribution is 2.26. The maximum Gasteiger partial charge on any atom is 0.264 e. The summed E-state index contributed by atoms with van der Waals surface area (Å²) in [6.45, 7) is 4.07. The highest BCUT2D eigenvalue weighted by molar-refractivity contribution is 7.14. The number of hydrogen-bond acceptors (Lipinski definition) is 6. The first-order chi connectivity index (χ1) is 14.0. The fourth-order valence-corrected chi connectivity index (χ4v) is 3.25. The molecule has 1 N–H and O–H groups in total. The molecule has 0 aliphatic carbocycles. The van der Waals surface area contributed by atoms with Crippen LogP contribution in [0, 0.1) is 0 Å². The Morgan fingerprint density at radius 2 is 1.86 bits per heavy atom. The van der Waals surface area contributed by atoms with Gasteiger partial charge < -0.3 is 9.47 Å². The van der Waals surface area contributed by atoms with E-state index in [9.17, 15) is 9.59 Å². The quantitative estimate of drug-likeness (QED) is 0.512. The van der Waals surface area contributed by atoms with Gasteiger partial charge in [-0.25, -0.2) is 4.98 Å². The number of anilines is 1. The zero-order chi connectivity index (χ0) is 20.6. The van der Waals surface area contributed by atoms with E-state index in [1.807, 2.05) is 29.6 Å². The van der Waals surface area contributed by atoms with Gasteiger partial charge in [0.25, 0.3) is 5.91 Å². The Hall–Kier alpha value is -3.19. The van der Waals surface area contributed by atoms with E-state index in [1.165, 1.54) is 18.3 Å². The molecule has 0 fully saturated rings. The molecule has 3 rings (SSSR count). The normalized spacial score (nSPS) is 10.4. The van der Waals surface area contributed by atoms with Crippen molar-refractivity contribution in [3.05, 3.63) is 59.5 Å². The molecule has 0 unspecified atom stereocenters. The lowest BCUT2D eigenvalue weighted by Gasteiger charge is -2.07. The Bertz CT molecular complexity index is 982. The second-order valence-electron chi connectivity index (χ2n) is 6.33. The highest BCUT2D eigenvalue weighted by atomic mass is 32.1. The third-order valence-electron chi connectivity index (χ3n) is 3.98. The maximum atomic E-state index is 12.1. The summed E-state index contributed by atoms with van der Waals surface area (Å²) in [6.07, 6.45) is 0.961. The number of benzene rings is 2. The van der Waals surface area contributed by atoms with Gasteiger partial charge in [-0.1, -0.05) is 19.1 Å². The van der Waals surface area contributed by atoms with Gasteiger partial charge in [-0.05, 0) is 49.7 Å². The lowest BCUT2D eigenvalue weighted by Crippen LogP contribution is -2.20. The molecule has 150 valence electrons. The minimum absolute atomic E-state index is 0.0554. The predicted octanol–water partition coefficient (Wildman–Crippen LogP) is 4.82. The van der Waals surface area contributed by atoms with Crippen LogP contribution in [0.1, 0.15) is 30.6 Å². The summed E-state index contributed by atoms with van der Waals surface area (Å²) in [5.74, 6) is 0.922.